The first-order chi connectivity index (χ1) is 7.89. The van der Waals surface area contributed by atoms with Crippen LogP contribution in [0.4, 0.5) is 24.9 Å². The van der Waals surface area contributed by atoms with Gasteiger partial charge >= 0.3 is 6.18 Å². The Hall–Kier alpha value is -2.32. The average Bonchev–Trinajstić information content (AvgIpc) is 2.65. The summed E-state index contributed by atoms with van der Waals surface area (Å²) < 4.78 is 38.4. The number of alkyl halides is 3. The predicted molar refractivity (Wildman–Crippen MR) is 53.4 cm³/mol. The largest absolute Gasteiger partial charge is 0.422 e. The number of nitrogens with one attached hydrogen (secondary N) is 1. The van der Waals surface area contributed by atoms with E-state index in [0.717, 1.165) is 0 Å². The zero-order valence-corrected chi connectivity index (χ0v) is 8.28. The molecular weight excluding hydrogens is 237 g/mol. The second kappa shape index (κ2) is 3.61. The highest BCUT2D eigenvalue weighted by Crippen LogP contribution is 2.38. The first-order valence-corrected chi connectivity index (χ1v) is 4.39. The second-order valence-electron chi connectivity index (χ2n) is 3.16. The lowest BCUT2D eigenvalue weighted by molar-refractivity contribution is -0.136. The van der Waals surface area contributed by atoms with E-state index in [9.17, 15) is 13.2 Å². The molecule has 17 heavy (non-hydrogen) atoms. The topological polar surface area (TPSA) is 106 Å². The molecule has 0 spiro atoms. The minimum absolute atomic E-state index is 0.0677. The Bertz CT molecular complexity index is 533. The lowest BCUT2D eigenvalue weighted by Gasteiger charge is -2.13. The fraction of sp³-hybridized carbons (Fsp3) is 0.125. The van der Waals surface area contributed by atoms with Crippen molar-refractivity contribution in [2.24, 2.45) is 0 Å². The highest BCUT2D eigenvalue weighted by atomic mass is 19.4. The van der Waals surface area contributed by atoms with Crippen molar-refractivity contribution in [1.29, 1.82) is 0 Å². The lowest BCUT2D eigenvalue weighted by atomic mass is 10.1. The second-order valence-corrected chi connectivity index (χ2v) is 3.16. The monoisotopic (exact) mass is 244 g/mol. The van der Waals surface area contributed by atoms with E-state index >= 15 is 0 Å². The Kier molecular flexibility index (Phi) is 2.37. The first kappa shape index (κ1) is 11.2. The Morgan fingerprint density at radius 1 is 1.18 bits per heavy atom. The number of anilines is 2. The molecule has 5 N–H and O–H groups in total. The summed E-state index contributed by atoms with van der Waals surface area (Å²) in [7, 11) is 0. The van der Waals surface area contributed by atoms with Crippen molar-refractivity contribution in [3.8, 4) is 11.4 Å². The van der Waals surface area contributed by atoms with Crippen LogP contribution >= 0.6 is 0 Å². The molecule has 2 heterocycles. The number of nitrogens with two attached hydrogens (primary N) is 2. The lowest BCUT2D eigenvalue weighted by Crippen LogP contribution is -2.15. The van der Waals surface area contributed by atoms with E-state index in [0.29, 0.717) is 0 Å². The molecule has 0 saturated heterocycles. The summed E-state index contributed by atoms with van der Waals surface area (Å²) in [6.07, 6.45) is -3.37. The molecule has 0 radical (unpaired) electrons. The van der Waals surface area contributed by atoms with Crippen molar-refractivity contribution in [2.75, 3.05) is 11.5 Å². The van der Waals surface area contributed by atoms with Gasteiger partial charge in [-0.3, -0.25) is 5.10 Å². The third kappa shape index (κ3) is 1.98. The van der Waals surface area contributed by atoms with Gasteiger partial charge in [0.25, 0.3) is 0 Å². The number of halogens is 3. The smallest absolute Gasteiger partial charge is 0.383 e. The molecule has 0 atom stereocenters. The highest BCUT2D eigenvalue weighted by molar-refractivity contribution is 5.66. The summed E-state index contributed by atoms with van der Waals surface area (Å²) >= 11 is 0. The zero-order chi connectivity index (χ0) is 12.6. The molecule has 9 heteroatoms. The van der Waals surface area contributed by atoms with Crippen LogP contribution in [0.5, 0.6) is 0 Å². The van der Waals surface area contributed by atoms with Crippen LogP contribution in [0.3, 0.4) is 0 Å². The number of rotatable bonds is 1. The number of hydrogen-bond acceptors (Lipinski definition) is 5. The number of nitrogens with zero attached hydrogens (tertiary/aromatic N) is 3. The maximum Gasteiger partial charge on any atom is 0.422 e. The van der Waals surface area contributed by atoms with Gasteiger partial charge in [-0.15, -0.1) is 0 Å². The third-order valence-electron chi connectivity index (χ3n) is 1.99. The number of H-pyrrole nitrogens is 1. The highest BCUT2D eigenvalue weighted by Gasteiger charge is 2.38. The quantitative estimate of drug-likeness (QED) is 0.695. The molecule has 6 nitrogen and oxygen atoms in total. The van der Waals surface area contributed by atoms with E-state index in [4.69, 9.17) is 11.5 Å². The van der Waals surface area contributed by atoms with Gasteiger partial charge in [-0.25, -0.2) is 4.98 Å². The van der Waals surface area contributed by atoms with Crippen molar-refractivity contribution in [2.45, 2.75) is 6.18 Å². The Labute approximate surface area is 92.9 Å². The minimum atomic E-state index is -4.67. The van der Waals surface area contributed by atoms with Gasteiger partial charge in [0.05, 0.1) is 5.69 Å². The Balaban J connectivity index is 2.73. The number of nitrogen functional groups attached to an aromatic ring is 2. The van der Waals surface area contributed by atoms with E-state index in [2.05, 4.69) is 20.2 Å². The van der Waals surface area contributed by atoms with Gasteiger partial charge in [-0.1, -0.05) is 0 Å². The molecule has 2 aromatic rings. The fourth-order valence-electron chi connectivity index (χ4n) is 1.36. The van der Waals surface area contributed by atoms with Crippen molar-refractivity contribution >= 4 is 11.8 Å². The molecule has 0 aliphatic carbocycles. The molecule has 0 bridgehead atoms. The summed E-state index contributed by atoms with van der Waals surface area (Å²) in [6, 6.07) is 1.33. The van der Waals surface area contributed by atoms with Crippen LogP contribution in [0.1, 0.15) is 5.56 Å². The predicted octanol–water partition coefficient (Wildman–Crippen LogP) is 1.05. The van der Waals surface area contributed by atoms with E-state index in [1.807, 2.05) is 0 Å². The van der Waals surface area contributed by atoms with Crippen LogP contribution in [-0.4, -0.2) is 20.2 Å². The first-order valence-electron chi connectivity index (χ1n) is 4.39. The molecule has 0 saturated carbocycles. The summed E-state index contributed by atoms with van der Waals surface area (Å²) in [5, 5.41) is 5.92. The van der Waals surface area contributed by atoms with Crippen LogP contribution in [0.25, 0.3) is 11.4 Å². The van der Waals surface area contributed by atoms with E-state index in [-0.39, 0.29) is 11.6 Å². The van der Waals surface area contributed by atoms with Crippen molar-refractivity contribution < 1.29 is 13.2 Å². The summed E-state index contributed by atoms with van der Waals surface area (Å²) in [4.78, 5) is 6.84. The molecule has 0 amide bonds. The zero-order valence-electron chi connectivity index (χ0n) is 8.28. The molecule has 0 unspecified atom stereocenters. The van der Waals surface area contributed by atoms with Crippen molar-refractivity contribution in [1.82, 2.24) is 20.2 Å². The van der Waals surface area contributed by atoms with Crippen LogP contribution in [0, 0.1) is 0 Å². The van der Waals surface area contributed by atoms with E-state index < -0.39 is 23.3 Å². The van der Waals surface area contributed by atoms with Crippen molar-refractivity contribution in [3.63, 3.8) is 0 Å². The number of hydrogen-bond donors (Lipinski definition) is 3. The maximum atomic E-state index is 12.8. The van der Waals surface area contributed by atoms with Gasteiger partial charge in [0, 0.05) is 6.20 Å². The minimum Gasteiger partial charge on any atom is -0.383 e. The third-order valence-corrected chi connectivity index (χ3v) is 1.99. The molecule has 0 fully saturated rings. The molecule has 2 aromatic heterocycles. The molecule has 0 aliphatic heterocycles. The van der Waals surface area contributed by atoms with Gasteiger partial charge < -0.3 is 11.5 Å². The molecule has 0 aromatic carbocycles. The SMILES string of the molecule is Nc1nc(N)c(C(F)(F)F)c(-c2ccn[nH]2)n1. The van der Waals surface area contributed by atoms with E-state index in [1.54, 1.807) is 0 Å². The normalized spacial score (nSPS) is 11.7. The van der Waals surface area contributed by atoms with Gasteiger partial charge in [-0.05, 0) is 6.07 Å². The summed E-state index contributed by atoms with van der Waals surface area (Å²) in [5.41, 5.74) is 9.03. The van der Waals surface area contributed by atoms with E-state index in [1.165, 1.54) is 12.3 Å². The van der Waals surface area contributed by atoms with Gasteiger partial charge in [0.2, 0.25) is 5.95 Å². The molecule has 2 rings (SSSR count). The molecule has 90 valence electrons. The number of aromatic nitrogens is 4. The average molecular weight is 244 g/mol. The Morgan fingerprint density at radius 2 is 1.88 bits per heavy atom. The van der Waals surface area contributed by atoms with Crippen LogP contribution in [0.2, 0.25) is 0 Å². The van der Waals surface area contributed by atoms with Crippen LogP contribution < -0.4 is 11.5 Å². The standard InChI is InChI=1S/C8H7F3N6/c9-8(10,11)4-5(3-1-2-14-17-3)15-7(13)16-6(4)12/h1-2H,(H,14,17)(H4,12,13,15,16). The molecule has 0 aliphatic rings. The van der Waals surface area contributed by atoms with Crippen LogP contribution in [-0.2, 0) is 6.18 Å². The maximum absolute atomic E-state index is 12.8. The number of aromatic amines is 1. The van der Waals surface area contributed by atoms with Gasteiger partial charge in [-0.2, -0.15) is 23.3 Å². The van der Waals surface area contributed by atoms with Gasteiger partial charge in [0.1, 0.15) is 17.1 Å². The summed E-state index contributed by atoms with van der Waals surface area (Å²) in [5.74, 6) is -1.05. The van der Waals surface area contributed by atoms with Gasteiger partial charge in [0.15, 0.2) is 0 Å². The van der Waals surface area contributed by atoms with Crippen molar-refractivity contribution in [3.05, 3.63) is 17.8 Å². The summed E-state index contributed by atoms with van der Waals surface area (Å²) in [6.45, 7) is 0. The van der Waals surface area contributed by atoms with Crippen LogP contribution in [0.15, 0.2) is 12.3 Å². The fourth-order valence-corrected chi connectivity index (χ4v) is 1.36. The Morgan fingerprint density at radius 3 is 2.41 bits per heavy atom. The molecular formula is C8H7F3N6.